The number of likely N-dealkylation sites (N-methyl/N-ethyl adjacent to an activating group) is 1. The third-order valence-electron chi connectivity index (χ3n) is 4.64. The number of rotatable bonds is 6. The summed E-state index contributed by atoms with van der Waals surface area (Å²) in [6.07, 6.45) is 2.67. The maximum absolute atomic E-state index is 12.4. The van der Waals surface area contributed by atoms with Crippen molar-refractivity contribution in [1.29, 1.82) is 0 Å². The van der Waals surface area contributed by atoms with Gasteiger partial charge in [0, 0.05) is 23.7 Å². The van der Waals surface area contributed by atoms with Gasteiger partial charge in [-0.25, -0.2) is 0 Å². The number of carbonyl (C=O) groups excluding carboxylic acids is 1. The van der Waals surface area contributed by atoms with Crippen LogP contribution in [0.25, 0.3) is 11.7 Å². The van der Waals surface area contributed by atoms with E-state index in [9.17, 15) is 4.79 Å². The highest BCUT2D eigenvalue weighted by Gasteiger charge is 2.28. The lowest BCUT2D eigenvalue weighted by atomic mass is 10.2. The Hall–Kier alpha value is -2.64. The van der Waals surface area contributed by atoms with Crippen molar-refractivity contribution in [3.8, 4) is 11.7 Å². The fraction of sp³-hybridized carbons (Fsp3) is 0.316. The second-order valence-electron chi connectivity index (χ2n) is 6.47. The molecule has 0 bridgehead atoms. The van der Waals surface area contributed by atoms with Gasteiger partial charge in [-0.3, -0.25) is 4.79 Å². The number of nitrogens with one attached hydrogen (secondary N) is 1. The maximum atomic E-state index is 12.4. The summed E-state index contributed by atoms with van der Waals surface area (Å²) >= 11 is 0. The third-order valence-corrected chi connectivity index (χ3v) is 4.64. The molecule has 1 aliphatic rings. The molecule has 3 aromatic rings. The molecule has 0 fully saturated rings. The number of carbonyl (C=O) groups is 1. The Morgan fingerprint density at radius 1 is 1.30 bits per heavy atom. The van der Waals surface area contributed by atoms with Gasteiger partial charge in [0.15, 0.2) is 11.6 Å². The van der Waals surface area contributed by atoms with E-state index in [2.05, 4.69) is 15.5 Å². The number of nitrogens with zero attached hydrogens (tertiary/aromatic N) is 3. The first-order valence-electron chi connectivity index (χ1n) is 8.60. The minimum atomic E-state index is 0. The minimum absolute atomic E-state index is 0. The maximum Gasteiger partial charge on any atom is 0.293 e. The number of halogens is 1. The van der Waals surface area contributed by atoms with E-state index in [4.69, 9.17) is 8.94 Å². The summed E-state index contributed by atoms with van der Waals surface area (Å²) in [6.45, 7) is 2.46. The number of amides is 1. The summed E-state index contributed by atoms with van der Waals surface area (Å²) in [5, 5.41) is 7.16. The topological polar surface area (TPSA) is 84.4 Å². The van der Waals surface area contributed by atoms with Crippen LogP contribution >= 0.6 is 12.4 Å². The number of benzene rings is 1. The van der Waals surface area contributed by atoms with E-state index in [-0.39, 0.29) is 24.4 Å². The van der Waals surface area contributed by atoms with Gasteiger partial charge in [-0.15, -0.1) is 12.4 Å². The van der Waals surface area contributed by atoms with Crippen molar-refractivity contribution in [2.24, 2.45) is 0 Å². The Morgan fingerprint density at radius 2 is 2.11 bits per heavy atom. The monoisotopic (exact) mass is 388 g/mol. The van der Waals surface area contributed by atoms with E-state index in [0.29, 0.717) is 36.9 Å². The first-order chi connectivity index (χ1) is 12.7. The Morgan fingerprint density at radius 3 is 2.93 bits per heavy atom. The number of aromatic nitrogens is 2. The predicted molar refractivity (Wildman–Crippen MR) is 103 cm³/mol. The van der Waals surface area contributed by atoms with Gasteiger partial charge in [-0.05, 0) is 31.7 Å². The number of para-hydroxylation sites is 1. The van der Waals surface area contributed by atoms with Crippen LogP contribution in [0.3, 0.4) is 0 Å². The Labute approximate surface area is 163 Å². The quantitative estimate of drug-likeness (QED) is 0.698. The molecule has 2 aromatic heterocycles. The molecule has 1 atom stereocenters. The predicted octanol–water partition coefficient (Wildman–Crippen LogP) is 2.99. The van der Waals surface area contributed by atoms with Crippen LogP contribution in [0.1, 0.15) is 23.9 Å². The van der Waals surface area contributed by atoms with Crippen LogP contribution in [0, 0.1) is 0 Å². The number of fused-ring (bicyclic) bond motifs is 1. The minimum Gasteiger partial charge on any atom is -0.459 e. The Bertz CT molecular complexity index is 936. The van der Waals surface area contributed by atoms with E-state index < -0.39 is 0 Å². The van der Waals surface area contributed by atoms with Gasteiger partial charge >= 0.3 is 0 Å². The number of anilines is 1. The van der Waals surface area contributed by atoms with Crippen molar-refractivity contribution in [3.63, 3.8) is 0 Å². The average Bonchev–Trinajstić information content (AvgIpc) is 3.35. The second kappa shape index (κ2) is 7.94. The van der Waals surface area contributed by atoms with Crippen molar-refractivity contribution in [2.75, 3.05) is 11.9 Å². The van der Waals surface area contributed by atoms with Gasteiger partial charge in [-0.2, -0.15) is 4.98 Å². The fourth-order valence-electron chi connectivity index (χ4n) is 3.11. The number of hydrogen-bond donors (Lipinski definition) is 1. The summed E-state index contributed by atoms with van der Waals surface area (Å²) < 4.78 is 10.9. The van der Waals surface area contributed by atoms with Crippen LogP contribution in [0.15, 0.2) is 45.5 Å². The Kier molecular flexibility index (Phi) is 5.62. The lowest BCUT2D eigenvalue weighted by Gasteiger charge is -2.16. The molecule has 1 unspecified atom stereocenters. The smallest absolute Gasteiger partial charge is 0.293 e. The van der Waals surface area contributed by atoms with Crippen molar-refractivity contribution in [1.82, 2.24) is 15.5 Å². The zero-order chi connectivity index (χ0) is 18.1. The molecule has 1 aromatic carbocycles. The van der Waals surface area contributed by atoms with Crippen LogP contribution in [-0.4, -0.2) is 29.1 Å². The van der Waals surface area contributed by atoms with Crippen LogP contribution in [0.5, 0.6) is 0 Å². The molecular formula is C19H21ClN4O3. The van der Waals surface area contributed by atoms with E-state index in [0.717, 1.165) is 16.8 Å². The molecule has 4 rings (SSSR count). The van der Waals surface area contributed by atoms with Crippen molar-refractivity contribution >= 4 is 24.0 Å². The third kappa shape index (κ3) is 3.74. The zero-order valence-electron chi connectivity index (χ0n) is 15.1. The van der Waals surface area contributed by atoms with Gasteiger partial charge in [0.25, 0.3) is 5.89 Å². The standard InChI is InChI=1S/C19H20N4O3.ClH/c1-12(20-2)9-16-21-19(26-22-16)18-14(7-8-25-18)11-23-15-6-4-3-5-13(15)10-17(23)24;/h3-8,12,20H,9-11H2,1-2H3;1H. The van der Waals surface area contributed by atoms with Crippen LogP contribution in [0.2, 0.25) is 0 Å². The molecule has 8 heteroatoms. The van der Waals surface area contributed by atoms with Gasteiger partial charge in [0.1, 0.15) is 0 Å². The molecular weight excluding hydrogens is 368 g/mol. The van der Waals surface area contributed by atoms with Crippen LogP contribution < -0.4 is 10.2 Å². The highest BCUT2D eigenvalue weighted by atomic mass is 35.5. The second-order valence-corrected chi connectivity index (χ2v) is 6.47. The summed E-state index contributed by atoms with van der Waals surface area (Å²) in [5.74, 6) is 1.54. The van der Waals surface area contributed by atoms with E-state index in [1.807, 2.05) is 44.3 Å². The highest BCUT2D eigenvalue weighted by Crippen LogP contribution is 2.32. The zero-order valence-corrected chi connectivity index (χ0v) is 16.0. The molecule has 27 heavy (non-hydrogen) atoms. The largest absolute Gasteiger partial charge is 0.459 e. The first-order valence-corrected chi connectivity index (χ1v) is 8.60. The molecule has 142 valence electrons. The molecule has 7 nitrogen and oxygen atoms in total. The van der Waals surface area contributed by atoms with Crippen molar-refractivity contribution in [3.05, 3.63) is 53.5 Å². The van der Waals surface area contributed by atoms with Gasteiger partial charge < -0.3 is 19.2 Å². The first kappa shape index (κ1) is 19.1. The molecule has 1 aliphatic heterocycles. The van der Waals surface area contributed by atoms with Crippen molar-refractivity contribution < 1.29 is 13.7 Å². The summed E-state index contributed by atoms with van der Waals surface area (Å²) in [4.78, 5) is 18.6. The van der Waals surface area contributed by atoms with E-state index >= 15 is 0 Å². The average molecular weight is 389 g/mol. The SMILES string of the molecule is CNC(C)Cc1noc(-c2occc2CN2C(=O)Cc3ccccc32)n1.Cl. The molecule has 0 radical (unpaired) electrons. The van der Waals surface area contributed by atoms with Crippen LogP contribution in [0.4, 0.5) is 5.69 Å². The molecule has 3 heterocycles. The highest BCUT2D eigenvalue weighted by molar-refractivity contribution is 6.01. The fourth-order valence-corrected chi connectivity index (χ4v) is 3.11. The molecule has 0 saturated heterocycles. The molecule has 0 saturated carbocycles. The lowest BCUT2D eigenvalue weighted by molar-refractivity contribution is -0.117. The van der Waals surface area contributed by atoms with Crippen molar-refractivity contribution in [2.45, 2.75) is 32.4 Å². The van der Waals surface area contributed by atoms with E-state index in [1.54, 1.807) is 11.2 Å². The molecule has 0 aliphatic carbocycles. The summed E-state index contributed by atoms with van der Waals surface area (Å²) in [6, 6.07) is 9.92. The number of furan rings is 1. The molecule has 1 N–H and O–H groups in total. The summed E-state index contributed by atoms with van der Waals surface area (Å²) in [5.41, 5.74) is 2.83. The van der Waals surface area contributed by atoms with Gasteiger partial charge in [0.05, 0.1) is 19.2 Å². The van der Waals surface area contributed by atoms with Gasteiger partial charge in [-0.1, -0.05) is 23.4 Å². The summed E-state index contributed by atoms with van der Waals surface area (Å²) in [7, 11) is 1.89. The number of hydrogen-bond acceptors (Lipinski definition) is 6. The normalized spacial score (nSPS) is 14.1. The molecule has 1 amide bonds. The van der Waals surface area contributed by atoms with E-state index in [1.165, 1.54) is 0 Å². The lowest BCUT2D eigenvalue weighted by Crippen LogP contribution is -2.26. The van der Waals surface area contributed by atoms with Gasteiger partial charge in [0.2, 0.25) is 5.91 Å². The molecule has 0 spiro atoms. The Balaban J connectivity index is 0.00000210. The van der Waals surface area contributed by atoms with Crippen LogP contribution in [-0.2, 0) is 24.2 Å².